The predicted molar refractivity (Wildman–Crippen MR) is 132 cm³/mol. The first-order valence-corrected chi connectivity index (χ1v) is 10.9. The second-order valence-electron chi connectivity index (χ2n) is 7.34. The number of ether oxygens (including phenoxy) is 3. The Hall–Kier alpha value is -4.66. The molecule has 2 aromatic carbocycles. The summed E-state index contributed by atoms with van der Waals surface area (Å²) in [6.07, 6.45) is 4.32. The van der Waals surface area contributed by atoms with Crippen molar-refractivity contribution < 1.29 is 23.8 Å². The Balaban J connectivity index is 1.65. The molecule has 4 aromatic rings. The van der Waals surface area contributed by atoms with Crippen molar-refractivity contribution in [2.24, 2.45) is 0 Å². The molecule has 2 aromatic heterocycles. The van der Waals surface area contributed by atoms with E-state index in [1.165, 1.54) is 24.1 Å². The molecule has 4 rings (SSSR count). The summed E-state index contributed by atoms with van der Waals surface area (Å²) < 4.78 is 17.1. The van der Waals surface area contributed by atoms with E-state index in [0.717, 1.165) is 16.5 Å². The van der Waals surface area contributed by atoms with Crippen LogP contribution in [0.25, 0.3) is 22.8 Å². The van der Waals surface area contributed by atoms with E-state index in [4.69, 9.17) is 14.2 Å². The van der Waals surface area contributed by atoms with Gasteiger partial charge in [0.15, 0.2) is 23.1 Å². The zero-order valence-corrected chi connectivity index (χ0v) is 19.5. The van der Waals surface area contributed by atoms with Crippen LogP contribution in [0.3, 0.4) is 0 Å². The Kier molecular flexibility index (Phi) is 7.06. The molecule has 0 aliphatic heterocycles. The first-order chi connectivity index (χ1) is 17.0. The molecular formula is C26H24N4O5. The molecule has 2 heterocycles. The lowest BCUT2D eigenvalue weighted by molar-refractivity contribution is -0.111. The number of amides is 1. The van der Waals surface area contributed by atoms with Gasteiger partial charge in [0.1, 0.15) is 5.56 Å². The lowest BCUT2D eigenvalue weighted by atomic mass is 10.2. The molecule has 178 valence electrons. The maximum atomic E-state index is 12.8. The molecular weight excluding hydrogens is 448 g/mol. The number of aromatic nitrogens is 3. The molecule has 35 heavy (non-hydrogen) atoms. The van der Waals surface area contributed by atoms with E-state index < -0.39 is 11.9 Å². The number of hydrogen-bond donors (Lipinski definition) is 1. The standard InChI is InChI=1S/C26H24N4O5/c1-4-35-26(32)19-16-27-30(23-13-11-18-7-5-6-8-20(18)28-23)25(19)29-24(31)14-10-17-9-12-21(33-2)22(15-17)34-3/h5-16H,4H2,1-3H3,(H,29,31)/b14-10+. The van der Waals surface area contributed by atoms with Crippen LogP contribution in [0.15, 0.2) is 66.9 Å². The molecule has 9 heteroatoms. The number of fused-ring (bicyclic) bond motifs is 1. The number of hydrogen-bond acceptors (Lipinski definition) is 7. The van der Waals surface area contributed by atoms with Crippen molar-refractivity contribution in [1.29, 1.82) is 0 Å². The zero-order valence-electron chi connectivity index (χ0n) is 19.5. The maximum Gasteiger partial charge on any atom is 0.343 e. The van der Waals surface area contributed by atoms with Gasteiger partial charge in [-0.3, -0.25) is 4.79 Å². The fourth-order valence-electron chi connectivity index (χ4n) is 3.46. The minimum Gasteiger partial charge on any atom is -0.493 e. The van der Waals surface area contributed by atoms with E-state index in [0.29, 0.717) is 17.3 Å². The highest BCUT2D eigenvalue weighted by Crippen LogP contribution is 2.28. The summed E-state index contributed by atoms with van der Waals surface area (Å²) in [5, 5.41) is 7.99. The number of para-hydroxylation sites is 1. The van der Waals surface area contributed by atoms with Gasteiger partial charge in [-0.2, -0.15) is 9.78 Å². The summed E-state index contributed by atoms with van der Waals surface area (Å²) in [7, 11) is 3.09. The third-order valence-electron chi connectivity index (χ3n) is 5.14. The minimum absolute atomic E-state index is 0.120. The van der Waals surface area contributed by atoms with Crippen molar-refractivity contribution in [3.8, 4) is 17.3 Å². The number of pyridine rings is 1. The number of anilines is 1. The molecule has 0 atom stereocenters. The third kappa shape index (κ3) is 5.14. The number of carbonyl (C=O) groups excluding carboxylic acids is 2. The third-order valence-corrected chi connectivity index (χ3v) is 5.14. The van der Waals surface area contributed by atoms with Gasteiger partial charge in [0.05, 0.1) is 32.5 Å². The van der Waals surface area contributed by atoms with E-state index in [9.17, 15) is 9.59 Å². The Labute approximate surface area is 201 Å². The molecule has 0 saturated carbocycles. The topological polar surface area (TPSA) is 105 Å². The molecule has 1 N–H and O–H groups in total. The molecule has 0 fully saturated rings. The van der Waals surface area contributed by atoms with Crippen LogP contribution in [-0.4, -0.2) is 47.5 Å². The van der Waals surface area contributed by atoms with Gasteiger partial charge < -0.3 is 19.5 Å². The lowest BCUT2D eigenvalue weighted by Crippen LogP contribution is -2.16. The van der Waals surface area contributed by atoms with E-state index in [1.54, 1.807) is 44.4 Å². The molecule has 0 aliphatic carbocycles. The second-order valence-corrected chi connectivity index (χ2v) is 7.34. The number of nitrogens with one attached hydrogen (secondary N) is 1. The number of rotatable bonds is 8. The fraction of sp³-hybridized carbons (Fsp3) is 0.154. The smallest absolute Gasteiger partial charge is 0.343 e. The monoisotopic (exact) mass is 472 g/mol. The average molecular weight is 473 g/mol. The van der Waals surface area contributed by atoms with Gasteiger partial charge in [-0.05, 0) is 48.9 Å². The van der Waals surface area contributed by atoms with Gasteiger partial charge in [0.2, 0.25) is 5.91 Å². The van der Waals surface area contributed by atoms with Crippen LogP contribution in [0.2, 0.25) is 0 Å². The molecule has 0 bridgehead atoms. The predicted octanol–water partition coefficient (Wildman–Crippen LogP) is 4.27. The van der Waals surface area contributed by atoms with E-state index in [2.05, 4.69) is 15.4 Å². The Bertz CT molecular complexity index is 1410. The van der Waals surface area contributed by atoms with Gasteiger partial charge in [-0.25, -0.2) is 9.78 Å². The Morgan fingerprint density at radius 1 is 1.03 bits per heavy atom. The molecule has 0 aliphatic rings. The molecule has 0 spiro atoms. The van der Waals surface area contributed by atoms with Crippen molar-refractivity contribution in [3.63, 3.8) is 0 Å². The molecule has 0 radical (unpaired) electrons. The van der Waals surface area contributed by atoms with E-state index >= 15 is 0 Å². The van der Waals surface area contributed by atoms with Crippen LogP contribution >= 0.6 is 0 Å². The van der Waals surface area contributed by atoms with Crippen molar-refractivity contribution in [2.45, 2.75) is 6.92 Å². The van der Waals surface area contributed by atoms with Gasteiger partial charge in [0, 0.05) is 11.5 Å². The maximum absolute atomic E-state index is 12.8. The molecule has 0 saturated heterocycles. The van der Waals surface area contributed by atoms with Crippen molar-refractivity contribution in [2.75, 3.05) is 26.1 Å². The summed E-state index contributed by atoms with van der Waals surface area (Å²) in [6.45, 7) is 1.89. The number of carbonyl (C=O) groups is 2. The summed E-state index contributed by atoms with van der Waals surface area (Å²) in [5.74, 6) is 0.665. The van der Waals surface area contributed by atoms with Gasteiger partial charge in [0.25, 0.3) is 0 Å². The Morgan fingerprint density at radius 3 is 2.60 bits per heavy atom. The van der Waals surface area contributed by atoms with Crippen LogP contribution in [0.4, 0.5) is 5.82 Å². The quantitative estimate of drug-likeness (QED) is 0.302. The summed E-state index contributed by atoms with van der Waals surface area (Å²) in [4.78, 5) is 30.0. The van der Waals surface area contributed by atoms with Crippen molar-refractivity contribution >= 4 is 34.7 Å². The van der Waals surface area contributed by atoms with Gasteiger partial charge in [-0.15, -0.1) is 0 Å². The normalized spacial score (nSPS) is 10.9. The van der Waals surface area contributed by atoms with Crippen LogP contribution in [-0.2, 0) is 9.53 Å². The highest BCUT2D eigenvalue weighted by molar-refractivity contribution is 6.05. The summed E-state index contributed by atoms with van der Waals surface area (Å²) in [6, 6.07) is 16.6. The highest BCUT2D eigenvalue weighted by Gasteiger charge is 2.21. The van der Waals surface area contributed by atoms with Crippen LogP contribution < -0.4 is 14.8 Å². The number of esters is 1. The minimum atomic E-state index is -0.598. The Morgan fingerprint density at radius 2 is 1.83 bits per heavy atom. The summed E-state index contributed by atoms with van der Waals surface area (Å²) >= 11 is 0. The second kappa shape index (κ2) is 10.5. The first kappa shape index (κ1) is 23.5. The van der Waals surface area contributed by atoms with Crippen molar-refractivity contribution in [1.82, 2.24) is 14.8 Å². The molecule has 9 nitrogen and oxygen atoms in total. The fourth-order valence-corrected chi connectivity index (χ4v) is 3.46. The van der Waals surface area contributed by atoms with E-state index in [-0.39, 0.29) is 18.0 Å². The van der Waals surface area contributed by atoms with Gasteiger partial charge >= 0.3 is 5.97 Å². The number of nitrogens with zero attached hydrogens (tertiary/aromatic N) is 3. The molecule has 0 unspecified atom stereocenters. The van der Waals surface area contributed by atoms with Crippen LogP contribution in [0.1, 0.15) is 22.8 Å². The van der Waals surface area contributed by atoms with E-state index in [1.807, 2.05) is 30.3 Å². The average Bonchev–Trinajstić information content (AvgIpc) is 3.30. The van der Waals surface area contributed by atoms with Crippen LogP contribution in [0.5, 0.6) is 11.5 Å². The highest BCUT2D eigenvalue weighted by atomic mass is 16.5. The largest absolute Gasteiger partial charge is 0.493 e. The SMILES string of the molecule is CCOC(=O)c1cnn(-c2ccc3ccccc3n2)c1NC(=O)/C=C/c1ccc(OC)c(OC)c1. The zero-order chi connectivity index (χ0) is 24.8. The number of methoxy groups -OCH3 is 2. The van der Waals surface area contributed by atoms with Gasteiger partial charge in [-0.1, -0.05) is 24.3 Å². The van der Waals surface area contributed by atoms with Crippen molar-refractivity contribution in [3.05, 3.63) is 78.0 Å². The molecule has 1 amide bonds. The first-order valence-electron chi connectivity index (χ1n) is 10.9. The van der Waals surface area contributed by atoms with Crippen LogP contribution in [0, 0.1) is 0 Å². The summed E-state index contributed by atoms with van der Waals surface area (Å²) in [5.41, 5.74) is 1.60. The number of benzene rings is 2. The lowest BCUT2D eigenvalue weighted by Gasteiger charge is -2.10.